The van der Waals surface area contributed by atoms with Crippen molar-refractivity contribution in [3.05, 3.63) is 0 Å². The predicted octanol–water partition coefficient (Wildman–Crippen LogP) is -1.37. The summed E-state index contributed by atoms with van der Waals surface area (Å²) in [5.41, 5.74) is 0. The van der Waals surface area contributed by atoms with Crippen molar-refractivity contribution in [3.8, 4) is 0 Å². The van der Waals surface area contributed by atoms with Crippen LogP contribution < -0.4 is 10.6 Å². The Morgan fingerprint density at radius 2 is 2.14 bits per heavy atom. The fraction of sp³-hybridized carbons (Fsp3) is 0.889. The van der Waals surface area contributed by atoms with Gasteiger partial charge in [-0.15, -0.1) is 0 Å². The van der Waals surface area contributed by atoms with Gasteiger partial charge in [-0.3, -0.25) is 4.79 Å². The number of rotatable bonds is 7. The zero-order valence-electron chi connectivity index (χ0n) is 9.21. The molecule has 0 aromatic heterocycles. The quantitative estimate of drug-likeness (QED) is 0.447. The van der Waals surface area contributed by atoms with Crippen molar-refractivity contribution in [2.75, 3.05) is 40.8 Å². The molecule has 5 heteroatoms. The zero-order chi connectivity index (χ0) is 11.0. The van der Waals surface area contributed by atoms with Crippen LogP contribution in [0.4, 0.5) is 0 Å². The summed E-state index contributed by atoms with van der Waals surface area (Å²) in [5, 5.41) is 15.0. The fourth-order valence-corrected chi connectivity index (χ4v) is 1.08. The molecule has 0 saturated heterocycles. The van der Waals surface area contributed by atoms with E-state index in [-0.39, 0.29) is 12.0 Å². The smallest absolute Gasteiger partial charge is 0.221 e. The summed E-state index contributed by atoms with van der Waals surface area (Å²) in [6.07, 6.45) is 0.0697. The normalized spacial score (nSPS) is 12.9. The lowest BCUT2D eigenvalue weighted by Gasteiger charge is -2.16. The number of amides is 1. The van der Waals surface area contributed by atoms with Gasteiger partial charge in [-0.1, -0.05) is 0 Å². The first kappa shape index (κ1) is 13.4. The third-order valence-electron chi connectivity index (χ3n) is 1.76. The second-order valence-electron chi connectivity index (χ2n) is 3.54. The monoisotopic (exact) mass is 203 g/mol. The molecule has 14 heavy (non-hydrogen) atoms. The van der Waals surface area contributed by atoms with Gasteiger partial charge in [0.05, 0.1) is 6.10 Å². The highest BCUT2D eigenvalue weighted by atomic mass is 16.3. The highest BCUT2D eigenvalue weighted by molar-refractivity contribution is 5.75. The number of aliphatic hydroxyl groups is 1. The molecule has 1 atom stereocenters. The van der Waals surface area contributed by atoms with E-state index in [2.05, 4.69) is 10.6 Å². The first-order valence-corrected chi connectivity index (χ1v) is 4.80. The topological polar surface area (TPSA) is 64.6 Å². The molecule has 84 valence electrons. The first-order chi connectivity index (χ1) is 6.56. The van der Waals surface area contributed by atoms with Crippen LogP contribution >= 0.6 is 0 Å². The van der Waals surface area contributed by atoms with E-state index in [4.69, 9.17) is 0 Å². The van der Waals surface area contributed by atoms with Gasteiger partial charge in [0.2, 0.25) is 5.91 Å². The lowest BCUT2D eigenvalue weighted by Crippen LogP contribution is -2.36. The Hall–Kier alpha value is -0.650. The summed E-state index contributed by atoms with van der Waals surface area (Å²) in [6.45, 7) is 1.76. The van der Waals surface area contributed by atoms with E-state index in [9.17, 15) is 9.90 Å². The highest BCUT2D eigenvalue weighted by Crippen LogP contribution is 1.84. The van der Waals surface area contributed by atoms with Gasteiger partial charge in [0, 0.05) is 33.1 Å². The molecule has 0 aliphatic heterocycles. The maximum Gasteiger partial charge on any atom is 0.221 e. The average Bonchev–Trinajstić information content (AvgIpc) is 2.10. The molecule has 0 fully saturated rings. The molecule has 1 amide bonds. The van der Waals surface area contributed by atoms with Gasteiger partial charge >= 0.3 is 0 Å². The maximum atomic E-state index is 10.8. The number of hydrogen-bond donors (Lipinski definition) is 3. The SMILES string of the molecule is CNC(=O)CCNCC(O)CN(C)C. The molecule has 0 bridgehead atoms. The maximum absolute atomic E-state index is 10.8. The van der Waals surface area contributed by atoms with Crippen molar-refractivity contribution < 1.29 is 9.90 Å². The number of nitrogens with one attached hydrogen (secondary N) is 2. The van der Waals surface area contributed by atoms with Crippen LogP contribution in [0, 0.1) is 0 Å². The van der Waals surface area contributed by atoms with E-state index in [1.165, 1.54) is 0 Å². The van der Waals surface area contributed by atoms with Gasteiger partial charge in [-0.2, -0.15) is 0 Å². The van der Waals surface area contributed by atoms with Crippen LogP contribution in [-0.2, 0) is 4.79 Å². The third-order valence-corrected chi connectivity index (χ3v) is 1.76. The van der Waals surface area contributed by atoms with E-state index in [1.807, 2.05) is 19.0 Å². The molecule has 5 nitrogen and oxygen atoms in total. The summed E-state index contributed by atoms with van der Waals surface area (Å²) in [5.74, 6) is 0.0135. The number of hydrogen-bond acceptors (Lipinski definition) is 4. The fourth-order valence-electron chi connectivity index (χ4n) is 1.08. The highest BCUT2D eigenvalue weighted by Gasteiger charge is 2.04. The first-order valence-electron chi connectivity index (χ1n) is 4.80. The molecule has 0 aliphatic carbocycles. The molecular weight excluding hydrogens is 182 g/mol. The number of nitrogens with zero attached hydrogens (tertiary/aromatic N) is 1. The molecule has 0 spiro atoms. The molecule has 1 unspecified atom stereocenters. The van der Waals surface area contributed by atoms with Crippen molar-refractivity contribution >= 4 is 5.91 Å². The largest absolute Gasteiger partial charge is 0.390 e. The number of carbonyl (C=O) groups is 1. The summed E-state index contributed by atoms with van der Waals surface area (Å²) in [6, 6.07) is 0. The summed E-state index contributed by atoms with van der Waals surface area (Å²) in [7, 11) is 5.44. The molecule has 0 aliphatic rings. The van der Waals surface area contributed by atoms with Crippen LogP contribution in [0.25, 0.3) is 0 Å². The average molecular weight is 203 g/mol. The van der Waals surface area contributed by atoms with Gasteiger partial charge in [0.1, 0.15) is 0 Å². The second-order valence-corrected chi connectivity index (χ2v) is 3.54. The molecule has 0 saturated carbocycles. The molecule has 3 N–H and O–H groups in total. The number of aliphatic hydroxyl groups excluding tert-OH is 1. The Bertz CT molecular complexity index is 162. The zero-order valence-corrected chi connectivity index (χ0v) is 9.21. The van der Waals surface area contributed by atoms with Crippen molar-refractivity contribution in [3.63, 3.8) is 0 Å². The minimum Gasteiger partial charge on any atom is -0.390 e. The molecular formula is C9H21N3O2. The van der Waals surface area contributed by atoms with Crippen molar-refractivity contribution in [2.24, 2.45) is 0 Å². The van der Waals surface area contributed by atoms with Crippen LogP contribution in [-0.4, -0.2) is 62.8 Å². The Morgan fingerprint density at radius 1 is 1.50 bits per heavy atom. The third kappa shape index (κ3) is 7.97. The second kappa shape index (κ2) is 7.73. The van der Waals surface area contributed by atoms with Crippen LogP contribution in [0.2, 0.25) is 0 Å². The molecule has 0 aromatic rings. The Morgan fingerprint density at radius 3 is 2.64 bits per heavy atom. The predicted molar refractivity (Wildman–Crippen MR) is 56.1 cm³/mol. The standard InChI is InChI=1S/C9H21N3O2/c1-10-9(14)4-5-11-6-8(13)7-12(2)3/h8,11,13H,4-7H2,1-3H3,(H,10,14). The van der Waals surface area contributed by atoms with Gasteiger partial charge in [-0.25, -0.2) is 0 Å². The number of likely N-dealkylation sites (N-methyl/N-ethyl adjacent to an activating group) is 1. The summed E-state index contributed by atoms with van der Waals surface area (Å²) < 4.78 is 0. The summed E-state index contributed by atoms with van der Waals surface area (Å²) in [4.78, 5) is 12.7. The Balaban J connectivity index is 3.31. The molecule has 0 aromatic carbocycles. The van der Waals surface area contributed by atoms with Crippen molar-refractivity contribution in [2.45, 2.75) is 12.5 Å². The molecule has 0 rings (SSSR count). The van der Waals surface area contributed by atoms with Crippen LogP contribution in [0.1, 0.15) is 6.42 Å². The molecule has 0 radical (unpaired) electrons. The lowest BCUT2D eigenvalue weighted by molar-refractivity contribution is -0.120. The van der Waals surface area contributed by atoms with Gasteiger partial charge in [0.25, 0.3) is 0 Å². The van der Waals surface area contributed by atoms with Crippen LogP contribution in [0.3, 0.4) is 0 Å². The van der Waals surface area contributed by atoms with Crippen LogP contribution in [0.5, 0.6) is 0 Å². The summed E-state index contributed by atoms with van der Waals surface area (Å²) >= 11 is 0. The van der Waals surface area contributed by atoms with E-state index < -0.39 is 0 Å². The Labute approximate surface area is 85.5 Å². The Kier molecular flexibility index (Phi) is 7.37. The van der Waals surface area contributed by atoms with Crippen molar-refractivity contribution in [1.82, 2.24) is 15.5 Å². The van der Waals surface area contributed by atoms with E-state index >= 15 is 0 Å². The van der Waals surface area contributed by atoms with Gasteiger partial charge in [0.15, 0.2) is 0 Å². The van der Waals surface area contributed by atoms with Gasteiger partial charge < -0.3 is 20.6 Å². The minimum absolute atomic E-state index is 0.0135. The molecule has 0 heterocycles. The van der Waals surface area contributed by atoms with Crippen LogP contribution in [0.15, 0.2) is 0 Å². The van der Waals surface area contributed by atoms with E-state index in [0.717, 1.165) is 0 Å². The van der Waals surface area contributed by atoms with E-state index in [1.54, 1.807) is 7.05 Å². The van der Waals surface area contributed by atoms with Crippen molar-refractivity contribution in [1.29, 1.82) is 0 Å². The minimum atomic E-state index is -0.380. The number of carbonyl (C=O) groups excluding carboxylic acids is 1. The van der Waals surface area contributed by atoms with E-state index in [0.29, 0.717) is 26.1 Å². The van der Waals surface area contributed by atoms with Gasteiger partial charge in [-0.05, 0) is 14.1 Å². The lowest BCUT2D eigenvalue weighted by atomic mass is 10.3.